The number of piperazine rings is 1. The maximum atomic E-state index is 13.3. The van der Waals surface area contributed by atoms with Gasteiger partial charge in [-0.25, -0.2) is 14.8 Å². The van der Waals surface area contributed by atoms with Crippen LogP contribution in [0.5, 0.6) is 11.5 Å². The van der Waals surface area contributed by atoms with Crippen LogP contribution in [-0.4, -0.2) is 130 Å². The van der Waals surface area contributed by atoms with Gasteiger partial charge >= 0.3 is 5.97 Å². The summed E-state index contributed by atoms with van der Waals surface area (Å²) < 4.78 is 11.0. The lowest BCUT2D eigenvalue weighted by atomic mass is 10.0. The third-order valence-electron chi connectivity index (χ3n) is 11.0. The zero-order chi connectivity index (χ0) is 43.2. The molecular weight excluding hydrogens is 783 g/mol. The number of pyridine rings is 2. The monoisotopic (exact) mass is 829 g/mol. The van der Waals surface area contributed by atoms with E-state index in [1.54, 1.807) is 38.6 Å². The van der Waals surface area contributed by atoms with Crippen molar-refractivity contribution in [1.82, 2.24) is 45.1 Å². The molecule has 4 aromatic carbocycles. The Balaban J connectivity index is 0.000000180. The number of para-hydroxylation sites is 2. The van der Waals surface area contributed by atoms with Gasteiger partial charge in [0.25, 0.3) is 5.91 Å². The van der Waals surface area contributed by atoms with Gasteiger partial charge in [0.2, 0.25) is 0 Å². The Morgan fingerprint density at radius 3 is 1.65 bits per heavy atom. The lowest BCUT2D eigenvalue weighted by Gasteiger charge is -2.35. The van der Waals surface area contributed by atoms with Crippen LogP contribution in [0.15, 0.2) is 122 Å². The minimum absolute atomic E-state index is 0.0798. The lowest BCUT2D eigenvalue weighted by Crippen LogP contribution is -2.49. The summed E-state index contributed by atoms with van der Waals surface area (Å²) in [6, 6.07) is 34.1. The number of carbonyl (C=O) groups is 2. The van der Waals surface area contributed by atoms with Crippen molar-refractivity contribution in [3.63, 3.8) is 0 Å². The Kier molecular flexibility index (Phi) is 12.3. The van der Waals surface area contributed by atoms with Crippen molar-refractivity contribution in [2.45, 2.75) is 0 Å². The van der Waals surface area contributed by atoms with Gasteiger partial charge in [-0.3, -0.25) is 19.9 Å². The predicted octanol–water partition coefficient (Wildman–Crippen LogP) is 7.62. The number of hydrogen-bond donors (Lipinski definition) is 3. The Bertz CT molecular complexity index is 2860. The van der Waals surface area contributed by atoms with Gasteiger partial charge in [0.05, 0.1) is 31.2 Å². The number of nitrogens with one attached hydrogen (secondary N) is 2. The molecule has 1 fully saturated rings. The molecule has 14 nitrogen and oxygen atoms in total. The van der Waals surface area contributed by atoms with Crippen LogP contribution in [0.3, 0.4) is 0 Å². The minimum atomic E-state index is -0.959. The normalized spacial score (nSPS) is 13.0. The van der Waals surface area contributed by atoms with Crippen LogP contribution in [0, 0.1) is 0 Å². The molecule has 8 aromatic rings. The number of hydrogen-bond acceptors (Lipinski definition) is 10. The number of rotatable bonds is 11. The highest BCUT2D eigenvalue weighted by Crippen LogP contribution is 2.36. The lowest BCUT2D eigenvalue weighted by molar-refractivity contribution is 0.0629. The average Bonchev–Trinajstić information content (AvgIpc) is 3.95. The van der Waals surface area contributed by atoms with E-state index in [0.29, 0.717) is 16.9 Å². The number of carbonyl (C=O) groups excluding carboxylic acids is 1. The molecule has 3 N–H and O–H groups in total. The van der Waals surface area contributed by atoms with Gasteiger partial charge in [0.15, 0.2) is 11.3 Å². The van der Waals surface area contributed by atoms with Crippen LogP contribution in [-0.2, 0) is 0 Å². The quantitative estimate of drug-likeness (QED) is 0.117. The first-order chi connectivity index (χ1) is 30.2. The molecule has 0 unspecified atom stereocenters. The Labute approximate surface area is 358 Å². The number of aromatic carboxylic acids is 1. The number of carboxylic acid groups (broad SMARTS) is 1. The number of H-pyrrole nitrogens is 2. The van der Waals surface area contributed by atoms with E-state index in [2.05, 4.69) is 60.3 Å². The zero-order valence-corrected chi connectivity index (χ0v) is 35.0. The van der Waals surface area contributed by atoms with E-state index in [1.165, 1.54) is 0 Å². The van der Waals surface area contributed by atoms with Crippen molar-refractivity contribution in [1.29, 1.82) is 0 Å². The summed E-state index contributed by atoms with van der Waals surface area (Å²) in [5, 5.41) is 25.7. The van der Waals surface area contributed by atoms with E-state index >= 15 is 0 Å². The first-order valence-electron chi connectivity index (χ1n) is 20.3. The zero-order valence-electron chi connectivity index (χ0n) is 35.0. The van der Waals surface area contributed by atoms with Crippen LogP contribution in [0.25, 0.3) is 66.8 Å². The topological polar surface area (TPSA) is 166 Å². The molecule has 1 aliphatic heterocycles. The molecule has 0 radical (unpaired) electrons. The van der Waals surface area contributed by atoms with Gasteiger partial charge in [-0.05, 0) is 85.9 Å². The number of methoxy groups -OCH3 is 2. The number of aromatic nitrogens is 6. The maximum absolute atomic E-state index is 13.3. The second-order valence-corrected chi connectivity index (χ2v) is 15.2. The first kappa shape index (κ1) is 41.3. The van der Waals surface area contributed by atoms with Crippen molar-refractivity contribution in [2.24, 2.45) is 0 Å². The molecule has 4 aromatic heterocycles. The highest BCUT2D eigenvalue weighted by molar-refractivity contribution is 5.98. The van der Waals surface area contributed by atoms with E-state index in [1.807, 2.05) is 96.0 Å². The molecule has 1 aliphatic rings. The second kappa shape index (κ2) is 18.5. The van der Waals surface area contributed by atoms with Gasteiger partial charge in [-0.15, -0.1) is 0 Å². The van der Waals surface area contributed by atoms with E-state index in [-0.39, 0.29) is 11.5 Å². The number of ether oxygens (including phenoxy) is 2. The van der Waals surface area contributed by atoms with Gasteiger partial charge < -0.3 is 24.4 Å². The fourth-order valence-corrected chi connectivity index (χ4v) is 7.59. The Hall–Kier alpha value is -7.42. The fourth-order valence-electron chi connectivity index (χ4n) is 7.59. The van der Waals surface area contributed by atoms with E-state index in [0.717, 1.165) is 106 Å². The third kappa shape index (κ3) is 8.87. The van der Waals surface area contributed by atoms with Crippen molar-refractivity contribution in [3.05, 3.63) is 133 Å². The van der Waals surface area contributed by atoms with Gasteiger partial charge in [0.1, 0.15) is 11.5 Å². The molecule has 314 valence electrons. The highest BCUT2D eigenvalue weighted by atomic mass is 16.5. The maximum Gasteiger partial charge on any atom is 0.335 e. The summed E-state index contributed by atoms with van der Waals surface area (Å²) in [7, 11) is 7.46. The smallest absolute Gasteiger partial charge is 0.335 e. The molecule has 0 spiro atoms. The van der Waals surface area contributed by atoms with Crippen molar-refractivity contribution < 1.29 is 24.2 Å². The molecule has 1 saturated heterocycles. The number of aromatic amines is 2. The SMILES string of the molecule is COc1ccccc1-c1[nH]nc2ncc(-c3cccc(C(=O)N4CCN(CCN(C)C)CC4)c3)cc12.COc1ccccc1-c1[nH]nc2ncc(-c3cccc(C(=O)O)c3)cc12. The first-order valence-corrected chi connectivity index (χ1v) is 20.3. The predicted molar refractivity (Wildman–Crippen MR) is 240 cm³/mol. The number of fused-ring (bicyclic) bond motifs is 2. The molecule has 0 saturated carbocycles. The van der Waals surface area contributed by atoms with E-state index in [9.17, 15) is 14.7 Å². The summed E-state index contributed by atoms with van der Waals surface area (Å²) in [6.45, 7) is 5.38. The van der Waals surface area contributed by atoms with Crippen molar-refractivity contribution in [2.75, 3.05) is 67.6 Å². The number of likely N-dealkylation sites (N-methyl/N-ethyl adjacent to an activating group) is 1. The third-order valence-corrected chi connectivity index (χ3v) is 11.0. The molecule has 5 heterocycles. The molecule has 0 aliphatic carbocycles. The summed E-state index contributed by atoms with van der Waals surface area (Å²) in [4.78, 5) is 40.1. The second-order valence-electron chi connectivity index (χ2n) is 15.2. The Morgan fingerprint density at radius 2 is 1.15 bits per heavy atom. The Morgan fingerprint density at radius 1 is 0.645 bits per heavy atom. The summed E-state index contributed by atoms with van der Waals surface area (Å²) in [5.41, 5.74) is 9.12. The average molecular weight is 830 g/mol. The summed E-state index contributed by atoms with van der Waals surface area (Å²) in [5.74, 6) is 0.620. The van der Waals surface area contributed by atoms with E-state index < -0.39 is 5.97 Å². The summed E-state index contributed by atoms with van der Waals surface area (Å²) in [6.07, 6.45) is 3.50. The standard InChI is InChI=1S/C28H32N6O2.C20H15N3O3/c1-32(2)11-12-33-13-15-34(16-14-33)28(35)21-8-6-7-20(17-21)22-18-24-26(30-31-27(24)29-19-22)23-9-4-5-10-25(23)36-3;1-26-17-8-3-2-7-15(17)18-16-10-14(11-21-19(16)23-22-18)12-5-4-6-13(9-12)20(24)25/h4-10,17-19H,11-16H2,1-3H3,(H,29,30,31);2-11H,1H3,(H,24,25)(H,21,22,23). The molecule has 1 amide bonds. The summed E-state index contributed by atoms with van der Waals surface area (Å²) >= 11 is 0. The van der Waals surface area contributed by atoms with Crippen LogP contribution >= 0.6 is 0 Å². The van der Waals surface area contributed by atoms with E-state index in [4.69, 9.17) is 9.47 Å². The van der Waals surface area contributed by atoms with Crippen LogP contribution in [0.1, 0.15) is 20.7 Å². The van der Waals surface area contributed by atoms with Gasteiger partial charge in [-0.2, -0.15) is 10.2 Å². The number of benzene rings is 4. The molecular formula is C48H47N9O5. The molecule has 62 heavy (non-hydrogen) atoms. The number of carboxylic acids is 1. The number of amides is 1. The highest BCUT2D eigenvalue weighted by Gasteiger charge is 2.23. The van der Waals surface area contributed by atoms with Crippen molar-refractivity contribution >= 4 is 33.9 Å². The number of nitrogens with zero attached hydrogens (tertiary/aromatic N) is 7. The van der Waals surface area contributed by atoms with Crippen molar-refractivity contribution in [3.8, 4) is 56.3 Å². The van der Waals surface area contributed by atoms with Crippen LogP contribution < -0.4 is 9.47 Å². The van der Waals surface area contributed by atoms with Gasteiger partial charge in [-0.1, -0.05) is 48.5 Å². The minimum Gasteiger partial charge on any atom is -0.496 e. The molecule has 0 bridgehead atoms. The molecule has 0 atom stereocenters. The van der Waals surface area contributed by atoms with Crippen LogP contribution in [0.2, 0.25) is 0 Å². The largest absolute Gasteiger partial charge is 0.496 e. The van der Waals surface area contributed by atoms with Gasteiger partial charge in [0, 0.05) is 90.3 Å². The molecule has 9 rings (SSSR count). The van der Waals surface area contributed by atoms with Crippen LogP contribution in [0.4, 0.5) is 0 Å². The molecule has 14 heteroatoms. The fraction of sp³-hybridized carbons (Fsp3) is 0.208.